The van der Waals surface area contributed by atoms with Gasteiger partial charge in [0.1, 0.15) is 0 Å². The highest BCUT2D eigenvalue weighted by Crippen LogP contribution is 2.65. The van der Waals surface area contributed by atoms with Gasteiger partial charge in [-0.05, 0) is 150 Å². The number of hydrogen-bond donors (Lipinski definition) is 0. The molecule has 0 N–H and O–H groups in total. The van der Waals surface area contributed by atoms with E-state index in [4.69, 9.17) is 0 Å². The Balaban J connectivity index is 0.968. The highest BCUT2D eigenvalue weighted by Gasteiger charge is 2.53. The van der Waals surface area contributed by atoms with Crippen LogP contribution in [0.3, 0.4) is 0 Å². The fraction of sp³-hybridized carbons (Fsp3) is 0.0476. The number of hydrogen-bond acceptors (Lipinski definition) is 2. The molecule has 0 aliphatic heterocycles. The Morgan fingerprint density at radius 3 is 0.846 bits per heavy atom. The molecule has 10 aromatic rings. The van der Waals surface area contributed by atoms with Crippen molar-refractivity contribution in [3.05, 3.63) is 281 Å². The van der Waals surface area contributed by atoms with Gasteiger partial charge in [-0.1, -0.05) is 176 Å². The van der Waals surface area contributed by atoms with E-state index in [1.165, 1.54) is 89.0 Å². The van der Waals surface area contributed by atoms with Crippen molar-refractivity contribution in [2.75, 3.05) is 16.8 Å². The highest BCUT2D eigenvalue weighted by molar-refractivity contribution is 5.99. The van der Waals surface area contributed by atoms with Crippen LogP contribution >= 0.6 is 0 Å². The van der Waals surface area contributed by atoms with Gasteiger partial charge in [0, 0.05) is 35.5 Å². The fourth-order valence-corrected chi connectivity index (χ4v) is 12.5. The minimum absolute atomic E-state index is 0.401. The Kier molecular flexibility index (Phi) is 7.49. The highest BCUT2D eigenvalue weighted by atomic mass is 15.1. The molecule has 2 heteroatoms. The van der Waals surface area contributed by atoms with Gasteiger partial charge in [0.25, 0.3) is 0 Å². The largest absolute Gasteiger partial charge is 0.345 e. The number of nitrogens with zero attached hydrogens (tertiary/aromatic N) is 2. The van der Waals surface area contributed by atoms with Crippen molar-refractivity contribution in [2.24, 2.45) is 0 Å². The van der Waals surface area contributed by atoms with Gasteiger partial charge >= 0.3 is 0 Å². The minimum atomic E-state index is -0.523. The lowest BCUT2D eigenvalue weighted by Gasteiger charge is -2.33. The lowest BCUT2D eigenvalue weighted by Crippen LogP contribution is -2.27. The van der Waals surface area contributed by atoms with Crippen molar-refractivity contribution < 1.29 is 0 Å². The summed E-state index contributed by atoms with van der Waals surface area (Å²) in [5.41, 5.74) is 26.0. The lowest BCUT2D eigenvalue weighted by atomic mass is 9.70. The molecule has 4 aliphatic rings. The summed E-state index contributed by atoms with van der Waals surface area (Å²) in [7, 11) is 2.25. The Morgan fingerprint density at radius 1 is 0.231 bits per heavy atom. The first-order valence-electron chi connectivity index (χ1n) is 22.7. The van der Waals surface area contributed by atoms with E-state index in [1.807, 2.05) is 0 Å². The number of rotatable bonds is 5. The molecule has 10 aromatic carbocycles. The predicted octanol–water partition coefficient (Wildman–Crippen LogP) is 15.6. The average molecular weight is 827 g/mol. The summed E-state index contributed by atoms with van der Waals surface area (Å²) in [6.07, 6.45) is 0. The van der Waals surface area contributed by atoms with E-state index in [9.17, 15) is 0 Å². The predicted molar refractivity (Wildman–Crippen MR) is 268 cm³/mol. The zero-order valence-electron chi connectivity index (χ0n) is 35.9. The van der Waals surface area contributed by atoms with Crippen molar-refractivity contribution in [1.29, 1.82) is 0 Å². The second-order valence-electron chi connectivity index (χ2n) is 18.0. The molecule has 0 bridgehead atoms. The van der Waals surface area contributed by atoms with E-state index in [2.05, 4.69) is 253 Å². The molecular formula is C63H42N2. The van der Waals surface area contributed by atoms with Gasteiger partial charge in [0.2, 0.25) is 0 Å². The smallest absolute Gasteiger partial charge is 0.0727 e. The van der Waals surface area contributed by atoms with Crippen LogP contribution in [0, 0.1) is 0 Å². The molecule has 0 aromatic heterocycles. The molecule has 65 heavy (non-hydrogen) atoms. The quantitative estimate of drug-likeness (QED) is 0.171. The van der Waals surface area contributed by atoms with Crippen molar-refractivity contribution in [1.82, 2.24) is 0 Å². The first-order chi connectivity index (χ1) is 32.2. The third-order valence-corrected chi connectivity index (χ3v) is 15.1. The maximum absolute atomic E-state index is 2.50. The van der Waals surface area contributed by atoms with Gasteiger partial charge in [-0.25, -0.2) is 0 Å². The molecule has 0 atom stereocenters. The summed E-state index contributed by atoms with van der Waals surface area (Å²) in [6, 6.07) is 88.5. The Hall–Kier alpha value is -8.20. The van der Waals surface area contributed by atoms with Crippen LogP contribution in [0.1, 0.15) is 44.5 Å². The molecule has 4 aliphatic carbocycles. The molecule has 2 spiro atoms. The number of para-hydroxylation sites is 2. The second-order valence-corrected chi connectivity index (χ2v) is 18.0. The van der Waals surface area contributed by atoms with Gasteiger partial charge in [0.15, 0.2) is 0 Å². The van der Waals surface area contributed by atoms with Gasteiger partial charge in [-0.15, -0.1) is 0 Å². The van der Waals surface area contributed by atoms with Gasteiger partial charge < -0.3 is 9.80 Å². The van der Waals surface area contributed by atoms with Crippen LogP contribution < -0.4 is 9.80 Å². The van der Waals surface area contributed by atoms with Crippen LogP contribution in [0.2, 0.25) is 0 Å². The third kappa shape index (κ3) is 4.68. The SMILES string of the molecule is CN(c1ccc2c(c1)C1(c3ccccc3-c3ccccc31)c1ccccc1-2)c1ccc2c(c1)C1(c3ccccc3-c3ccccc31)c1cc(N(c3ccccc3)c3ccccc3)ccc1-2. The van der Waals surface area contributed by atoms with E-state index < -0.39 is 10.8 Å². The van der Waals surface area contributed by atoms with Crippen LogP contribution in [-0.4, -0.2) is 7.05 Å². The normalized spacial score (nSPS) is 14.2. The zero-order valence-corrected chi connectivity index (χ0v) is 35.9. The van der Waals surface area contributed by atoms with Crippen molar-refractivity contribution in [3.63, 3.8) is 0 Å². The first kappa shape index (κ1) is 36.3. The standard InChI is InChI=1S/C63H42N2/c1-64(43-32-35-51-50-26-12-15-29-56(50)62(59(51)38-43)54-27-13-8-22-46(54)47-23-9-14-28-55(47)62)44-33-36-52-53-37-34-45(65(41-18-4-2-5-19-41)42-20-6-3-7-21-42)40-61(53)63(60(52)39-44)57-30-16-10-24-48(57)49-25-11-17-31-58(49)63/h2-40H,1H3. The van der Waals surface area contributed by atoms with Crippen molar-refractivity contribution in [3.8, 4) is 44.5 Å². The zero-order chi connectivity index (χ0) is 42.9. The third-order valence-electron chi connectivity index (χ3n) is 15.1. The summed E-state index contributed by atoms with van der Waals surface area (Å²) in [5, 5.41) is 0. The Labute approximate surface area is 380 Å². The number of anilines is 5. The van der Waals surface area contributed by atoms with E-state index >= 15 is 0 Å². The van der Waals surface area contributed by atoms with Gasteiger partial charge in [-0.2, -0.15) is 0 Å². The molecule has 2 nitrogen and oxygen atoms in total. The Morgan fingerprint density at radius 2 is 0.492 bits per heavy atom. The summed E-state index contributed by atoms with van der Waals surface area (Å²) in [5.74, 6) is 0. The Bertz CT molecular complexity index is 3440. The average Bonchev–Trinajstić information content (AvgIpc) is 4.05. The minimum Gasteiger partial charge on any atom is -0.345 e. The molecule has 0 saturated carbocycles. The number of benzene rings is 10. The van der Waals surface area contributed by atoms with Crippen LogP contribution in [0.5, 0.6) is 0 Å². The van der Waals surface area contributed by atoms with Gasteiger partial charge in [-0.3, -0.25) is 0 Å². The maximum atomic E-state index is 2.50. The van der Waals surface area contributed by atoms with Crippen LogP contribution in [0.15, 0.2) is 237 Å². The molecular weight excluding hydrogens is 785 g/mol. The fourth-order valence-electron chi connectivity index (χ4n) is 12.5. The van der Waals surface area contributed by atoms with Crippen LogP contribution in [0.4, 0.5) is 28.4 Å². The maximum Gasteiger partial charge on any atom is 0.0727 e. The van der Waals surface area contributed by atoms with Crippen LogP contribution in [-0.2, 0) is 10.8 Å². The molecule has 14 rings (SSSR count). The summed E-state index contributed by atoms with van der Waals surface area (Å²) in [4.78, 5) is 4.80. The van der Waals surface area contributed by atoms with E-state index in [0.29, 0.717) is 0 Å². The van der Waals surface area contributed by atoms with Crippen molar-refractivity contribution >= 4 is 28.4 Å². The molecule has 0 radical (unpaired) electrons. The van der Waals surface area contributed by atoms with E-state index in [-0.39, 0.29) is 0 Å². The summed E-state index contributed by atoms with van der Waals surface area (Å²) in [6.45, 7) is 0. The number of fused-ring (bicyclic) bond motifs is 20. The first-order valence-corrected chi connectivity index (χ1v) is 22.7. The topological polar surface area (TPSA) is 6.48 Å². The lowest BCUT2D eigenvalue weighted by molar-refractivity contribution is 0.792. The van der Waals surface area contributed by atoms with Crippen molar-refractivity contribution in [2.45, 2.75) is 10.8 Å². The summed E-state index contributed by atoms with van der Waals surface area (Å²) >= 11 is 0. The molecule has 0 heterocycles. The second kappa shape index (κ2) is 13.4. The monoisotopic (exact) mass is 826 g/mol. The van der Waals surface area contributed by atoms with E-state index in [1.54, 1.807) is 0 Å². The molecule has 0 saturated heterocycles. The molecule has 0 fully saturated rings. The van der Waals surface area contributed by atoms with Gasteiger partial charge in [0.05, 0.1) is 10.8 Å². The molecule has 304 valence electrons. The molecule has 0 amide bonds. The molecule has 0 unspecified atom stereocenters. The van der Waals surface area contributed by atoms with E-state index in [0.717, 1.165) is 28.4 Å². The van der Waals surface area contributed by atoms with Crippen LogP contribution in [0.25, 0.3) is 44.5 Å². The summed E-state index contributed by atoms with van der Waals surface area (Å²) < 4.78 is 0.